The molecule has 0 saturated carbocycles. The summed E-state index contributed by atoms with van der Waals surface area (Å²) < 4.78 is 2.02. The summed E-state index contributed by atoms with van der Waals surface area (Å²) in [5, 5.41) is 3.43. The first-order valence-electron chi connectivity index (χ1n) is 5.15. The Balaban J connectivity index is 2.39. The van der Waals surface area contributed by atoms with Gasteiger partial charge in [-0.3, -0.25) is 0 Å². The number of aromatic nitrogens is 2. The van der Waals surface area contributed by atoms with E-state index in [4.69, 9.17) is 0 Å². The first-order chi connectivity index (χ1) is 6.96. The first kappa shape index (κ1) is 10.0. The quantitative estimate of drug-likeness (QED) is 0.772. The third kappa shape index (κ3) is 2.12. The van der Waals surface area contributed by atoms with Crippen molar-refractivity contribution in [3.8, 4) is 0 Å². The van der Waals surface area contributed by atoms with Gasteiger partial charge in [0.1, 0.15) is 0 Å². The predicted molar refractivity (Wildman–Crippen MR) is 64.1 cm³/mol. The molecule has 15 heavy (non-hydrogen) atoms. The molecule has 0 fully saturated rings. The number of fused-ring (bicyclic) bond motifs is 1. The maximum absolute atomic E-state index is 4.33. The lowest BCUT2D eigenvalue weighted by atomic mass is 10.1. The highest BCUT2D eigenvalue weighted by Crippen LogP contribution is 2.20. The number of nitrogens with zero attached hydrogens (tertiary/aromatic N) is 2. The second kappa shape index (κ2) is 3.26. The molecule has 0 saturated heterocycles. The van der Waals surface area contributed by atoms with Crippen LogP contribution in [0.25, 0.3) is 11.0 Å². The van der Waals surface area contributed by atoms with Gasteiger partial charge in [0.05, 0.1) is 17.4 Å². The average molecular weight is 203 g/mol. The van der Waals surface area contributed by atoms with E-state index in [1.807, 2.05) is 17.9 Å². The zero-order valence-corrected chi connectivity index (χ0v) is 9.70. The minimum absolute atomic E-state index is 0.0858. The van der Waals surface area contributed by atoms with Crippen molar-refractivity contribution in [2.45, 2.75) is 26.3 Å². The molecule has 0 spiro atoms. The van der Waals surface area contributed by atoms with Crippen LogP contribution in [0.2, 0.25) is 0 Å². The monoisotopic (exact) mass is 203 g/mol. The summed E-state index contributed by atoms with van der Waals surface area (Å²) in [6.45, 7) is 6.45. The number of imidazole rings is 1. The van der Waals surface area contributed by atoms with Gasteiger partial charge >= 0.3 is 0 Å². The Hall–Kier alpha value is -1.51. The zero-order chi connectivity index (χ0) is 11.1. The summed E-state index contributed by atoms with van der Waals surface area (Å²) in [5.41, 5.74) is 3.40. The SMILES string of the molecule is Cn1cnc2cc(NC(C)(C)C)ccc21. The maximum atomic E-state index is 4.33. The van der Waals surface area contributed by atoms with E-state index in [1.165, 1.54) is 0 Å². The van der Waals surface area contributed by atoms with Crippen LogP contribution in [0, 0.1) is 0 Å². The third-order valence-electron chi connectivity index (χ3n) is 2.24. The molecule has 80 valence electrons. The van der Waals surface area contributed by atoms with E-state index in [9.17, 15) is 0 Å². The van der Waals surface area contributed by atoms with E-state index in [1.54, 1.807) is 0 Å². The minimum Gasteiger partial charge on any atom is -0.380 e. The van der Waals surface area contributed by atoms with Crippen LogP contribution >= 0.6 is 0 Å². The lowest BCUT2D eigenvalue weighted by molar-refractivity contribution is 0.634. The van der Waals surface area contributed by atoms with Crippen molar-refractivity contribution in [3.05, 3.63) is 24.5 Å². The molecule has 0 atom stereocenters. The van der Waals surface area contributed by atoms with Gasteiger partial charge in [-0.15, -0.1) is 0 Å². The van der Waals surface area contributed by atoms with Crippen LogP contribution < -0.4 is 5.32 Å². The van der Waals surface area contributed by atoms with Crippen LogP contribution in [-0.2, 0) is 7.05 Å². The molecule has 1 aromatic carbocycles. The van der Waals surface area contributed by atoms with Crippen molar-refractivity contribution >= 4 is 16.7 Å². The highest BCUT2D eigenvalue weighted by atomic mass is 15.0. The van der Waals surface area contributed by atoms with Crippen molar-refractivity contribution in [1.82, 2.24) is 9.55 Å². The Kier molecular flexibility index (Phi) is 2.18. The first-order valence-corrected chi connectivity index (χ1v) is 5.15. The van der Waals surface area contributed by atoms with Crippen LogP contribution in [0.5, 0.6) is 0 Å². The summed E-state index contributed by atoms with van der Waals surface area (Å²) in [7, 11) is 2.01. The van der Waals surface area contributed by atoms with Crippen LogP contribution in [0.3, 0.4) is 0 Å². The molecule has 3 heteroatoms. The van der Waals surface area contributed by atoms with Gasteiger partial charge < -0.3 is 9.88 Å². The maximum Gasteiger partial charge on any atom is 0.0955 e. The molecule has 0 unspecified atom stereocenters. The van der Waals surface area contributed by atoms with Crippen molar-refractivity contribution in [3.63, 3.8) is 0 Å². The largest absolute Gasteiger partial charge is 0.380 e. The van der Waals surface area contributed by atoms with E-state index in [-0.39, 0.29) is 5.54 Å². The fourth-order valence-corrected chi connectivity index (χ4v) is 1.65. The number of aryl methyl sites for hydroxylation is 1. The Bertz CT molecular complexity index is 477. The number of hydrogen-bond acceptors (Lipinski definition) is 2. The molecule has 0 aliphatic carbocycles. The average Bonchev–Trinajstić information content (AvgIpc) is 2.45. The molecule has 3 nitrogen and oxygen atoms in total. The van der Waals surface area contributed by atoms with Gasteiger partial charge in [-0.1, -0.05) is 0 Å². The van der Waals surface area contributed by atoms with E-state index in [0.717, 1.165) is 16.7 Å². The Morgan fingerprint density at radius 2 is 2.00 bits per heavy atom. The van der Waals surface area contributed by atoms with Crippen LogP contribution in [0.4, 0.5) is 5.69 Å². The molecule has 2 rings (SSSR count). The minimum atomic E-state index is 0.0858. The molecule has 0 aliphatic heterocycles. The van der Waals surface area contributed by atoms with Crippen LogP contribution in [0.1, 0.15) is 20.8 Å². The smallest absolute Gasteiger partial charge is 0.0955 e. The topological polar surface area (TPSA) is 29.9 Å². The zero-order valence-electron chi connectivity index (χ0n) is 9.70. The van der Waals surface area contributed by atoms with Gasteiger partial charge in [-0.25, -0.2) is 4.98 Å². The lowest BCUT2D eigenvalue weighted by Gasteiger charge is -2.22. The second-order valence-corrected chi connectivity index (χ2v) is 4.93. The number of rotatable bonds is 1. The van der Waals surface area contributed by atoms with Gasteiger partial charge in [0.25, 0.3) is 0 Å². The second-order valence-electron chi connectivity index (χ2n) is 4.93. The lowest BCUT2D eigenvalue weighted by Crippen LogP contribution is -2.25. The summed E-state index contributed by atoms with van der Waals surface area (Å²) in [5.74, 6) is 0. The molecule has 2 aromatic rings. The molecule has 0 aliphatic rings. The van der Waals surface area contributed by atoms with E-state index in [0.29, 0.717) is 0 Å². The van der Waals surface area contributed by atoms with Gasteiger partial charge in [0.15, 0.2) is 0 Å². The highest BCUT2D eigenvalue weighted by molar-refractivity contribution is 5.79. The van der Waals surface area contributed by atoms with Crippen molar-refractivity contribution in [1.29, 1.82) is 0 Å². The summed E-state index contributed by atoms with van der Waals surface area (Å²) >= 11 is 0. The van der Waals surface area contributed by atoms with Gasteiger partial charge in [-0.05, 0) is 39.0 Å². The third-order valence-corrected chi connectivity index (χ3v) is 2.24. The molecule has 0 bridgehead atoms. The Morgan fingerprint density at radius 3 is 2.67 bits per heavy atom. The Labute approximate surface area is 90.1 Å². The molecule has 1 heterocycles. The van der Waals surface area contributed by atoms with Crippen molar-refractivity contribution in [2.24, 2.45) is 7.05 Å². The molecule has 1 N–H and O–H groups in total. The number of nitrogens with one attached hydrogen (secondary N) is 1. The number of anilines is 1. The van der Waals surface area contributed by atoms with E-state index >= 15 is 0 Å². The van der Waals surface area contributed by atoms with E-state index < -0.39 is 0 Å². The van der Waals surface area contributed by atoms with Crippen molar-refractivity contribution in [2.75, 3.05) is 5.32 Å². The van der Waals surface area contributed by atoms with Crippen molar-refractivity contribution < 1.29 is 0 Å². The molecule has 1 aromatic heterocycles. The highest BCUT2D eigenvalue weighted by Gasteiger charge is 2.09. The summed E-state index contributed by atoms with van der Waals surface area (Å²) in [6.07, 6.45) is 1.84. The van der Waals surface area contributed by atoms with Gasteiger partial charge in [0.2, 0.25) is 0 Å². The summed E-state index contributed by atoms with van der Waals surface area (Å²) in [4.78, 5) is 4.33. The fraction of sp³-hybridized carbons (Fsp3) is 0.417. The molecule has 0 amide bonds. The molecular formula is C12H17N3. The van der Waals surface area contributed by atoms with E-state index in [2.05, 4.69) is 49.3 Å². The Morgan fingerprint density at radius 1 is 1.27 bits per heavy atom. The molecule has 0 radical (unpaired) electrons. The number of benzene rings is 1. The fourth-order valence-electron chi connectivity index (χ4n) is 1.65. The van der Waals surface area contributed by atoms with Gasteiger partial charge in [-0.2, -0.15) is 0 Å². The van der Waals surface area contributed by atoms with Crippen LogP contribution in [-0.4, -0.2) is 15.1 Å². The van der Waals surface area contributed by atoms with Gasteiger partial charge in [0, 0.05) is 18.3 Å². The number of hydrogen-bond donors (Lipinski definition) is 1. The molecular weight excluding hydrogens is 186 g/mol. The predicted octanol–water partition coefficient (Wildman–Crippen LogP) is 2.78. The van der Waals surface area contributed by atoms with Crippen LogP contribution in [0.15, 0.2) is 24.5 Å². The summed E-state index contributed by atoms with van der Waals surface area (Å²) in [6, 6.07) is 6.27. The normalized spacial score (nSPS) is 12.0. The standard InChI is InChI=1S/C12H17N3/c1-12(2,3)14-9-5-6-11-10(7-9)13-8-15(11)4/h5-8,14H,1-4H3.